The Morgan fingerprint density at radius 3 is 1.71 bits per heavy atom. The molecule has 176 valence electrons. The molecule has 6 heteroatoms. The lowest BCUT2D eigenvalue weighted by Crippen LogP contribution is -2.51. The van der Waals surface area contributed by atoms with Crippen LogP contribution in [0.5, 0.6) is 0 Å². The average molecular weight is 469 g/mol. The molecule has 2 aliphatic heterocycles. The van der Waals surface area contributed by atoms with Crippen molar-refractivity contribution in [3.8, 4) is 0 Å². The number of Topliss-reactive ketones (excluding diaryl/α,β-unsaturated/α-hetero) is 1. The van der Waals surface area contributed by atoms with E-state index in [0.717, 1.165) is 5.56 Å². The molecule has 0 N–H and O–H groups in total. The van der Waals surface area contributed by atoms with Crippen molar-refractivity contribution in [1.82, 2.24) is 0 Å². The monoisotopic (exact) mass is 468 g/mol. The largest absolute Gasteiger partial charge is 0.452 e. The molecule has 35 heavy (non-hydrogen) atoms. The molecule has 7 unspecified atom stereocenters. The number of rotatable bonds is 5. The summed E-state index contributed by atoms with van der Waals surface area (Å²) in [5.41, 5.74) is 1.86. The number of benzene rings is 3. The van der Waals surface area contributed by atoms with Crippen molar-refractivity contribution in [3.63, 3.8) is 0 Å². The van der Waals surface area contributed by atoms with Crippen LogP contribution in [0.3, 0.4) is 0 Å². The van der Waals surface area contributed by atoms with Gasteiger partial charge in [0, 0.05) is 12.3 Å². The van der Waals surface area contributed by atoms with Crippen molar-refractivity contribution in [2.24, 2.45) is 11.8 Å². The molecule has 1 saturated carbocycles. The summed E-state index contributed by atoms with van der Waals surface area (Å²) in [6.07, 6.45) is -2.46. The van der Waals surface area contributed by atoms with Crippen molar-refractivity contribution in [2.45, 2.75) is 36.8 Å². The van der Waals surface area contributed by atoms with E-state index in [0.29, 0.717) is 17.5 Å². The second-order valence-corrected chi connectivity index (χ2v) is 9.33. The lowest BCUT2D eigenvalue weighted by molar-refractivity contribution is -0.125. The van der Waals surface area contributed by atoms with Gasteiger partial charge in [-0.05, 0) is 35.7 Å². The summed E-state index contributed by atoms with van der Waals surface area (Å²) in [5, 5.41) is 0. The predicted octanol–water partition coefficient (Wildman–Crippen LogP) is 4.21. The van der Waals surface area contributed by atoms with Gasteiger partial charge >= 0.3 is 11.9 Å². The van der Waals surface area contributed by atoms with E-state index in [1.807, 2.05) is 42.5 Å². The minimum absolute atomic E-state index is 0.0348. The van der Waals surface area contributed by atoms with Crippen molar-refractivity contribution in [2.75, 3.05) is 0 Å². The van der Waals surface area contributed by atoms with Gasteiger partial charge < -0.3 is 14.2 Å². The maximum atomic E-state index is 13.2. The fourth-order valence-electron chi connectivity index (χ4n) is 5.94. The second kappa shape index (κ2) is 8.78. The van der Waals surface area contributed by atoms with Crippen LogP contribution in [0.25, 0.3) is 0 Å². The van der Waals surface area contributed by atoms with Gasteiger partial charge in [-0.15, -0.1) is 0 Å². The molecule has 7 atom stereocenters. The van der Waals surface area contributed by atoms with Crippen LogP contribution in [-0.4, -0.2) is 42.1 Å². The number of esters is 2. The van der Waals surface area contributed by atoms with Crippen LogP contribution in [-0.2, 0) is 19.0 Å². The molecule has 6 nitrogen and oxygen atoms in total. The highest BCUT2D eigenvalue weighted by Gasteiger charge is 2.68. The molecule has 6 rings (SSSR count). The van der Waals surface area contributed by atoms with E-state index in [9.17, 15) is 14.4 Å². The Bertz CT molecular complexity index is 1240. The molecule has 3 fully saturated rings. The lowest BCUT2D eigenvalue weighted by atomic mass is 9.73. The molecule has 3 aliphatic rings. The van der Waals surface area contributed by atoms with Crippen LogP contribution in [0.15, 0.2) is 91.0 Å². The summed E-state index contributed by atoms with van der Waals surface area (Å²) in [7, 11) is 0. The summed E-state index contributed by atoms with van der Waals surface area (Å²) in [5.74, 6) is -1.52. The van der Waals surface area contributed by atoms with Crippen LogP contribution in [0.1, 0.15) is 38.6 Å². The van der Waals surface area contributed by atoms with Gasteiger partial charge in [-0.3, -0.25) is 4.79 Å². The summed E-state index contributed by atoms with van der Waals surface area (Å²) in [6.45, 7) is 0. The van der Waals surface area contributed by atoms with E-state index in [2.05, 4.69) is 0 Å². The molecule has 0 aromatic heterocycles. The second-order valence-electron chi connectivity index (χ2n) is 9.33. The number of hydrogen-bond acceptors (Lipinski definition) is 6. The van der Waals surface area contributed by atoms with E-state index in [4.69, 9.17) is 14.2 Å². The summed E-state index contributed by atoms with van der Waals surface area (Å²) in [4.78, 5) is 39.1. The first kappa shape index (κ1) is 21.7. The minimum Gasteiger partial charge on any atom is -0.452 e. The fourth-order valence-corrected chi connectivity index (χ4v) is 5.94. The Hall–Kier alpha value is -3.77. The number of hydrogen-bond donors (Lipinski definition) is 0. The molecule has 2 bridgehead atoms. The minimum atomic E-state index is -0.861. The third-order valence-corrected chi connectivity index (χ3v) is 7.42. The van der Waals surface area contributed by atoms with Crippen LogP contribution in [0.2, 0.25) is 0 Å². The maximum Gasteiger partial charge on any atom is 0.338 e. The number of carbonyl (C=O) groups excluding carboxylic acids is 3. The molecule has 2 saturated heterocycles. The Kier molecular flexibility index (Phi) is 5.46. The van der Waals surface area contributed by atoms with Crippen LogP contribution in [0, 0.1) is 11.8 Å². The van der Waals surface area contributed by atoms with Crippen LogP contribution in [0.4, 0.5) is 0 Å². The van der Waals surface area contributed by atoms with Gasteiger partial charge in [0.2, 0.25) is 0 Å². The van der Waals surface area contributed by atoms with E-state index in [1.165, 1.54) is 0 Å². The highest BCUT2D eigenvalue weighted by Crippen LogP contribution is 2.57. The van der Waals surface area contributed by atoms with E-state index >= 15 is 0 Å². The van der Waals surface area contributed by atoms with Crippen LogP contribution >= 0.6 is 0 Å². The molecule has 0 radical (unpaired) electrons. The molecular weight excluding hydrogens is 444 g/mol. The van der Waals surface area contributed by atoms with Gasteiger partial charge in [0.1, 0.15) is 18.0 Å². The molecule has 1 aliphatic carbocycles. The molecule has 0 amide bonds. The average Bonchev–Trinajstić information content (AvgIpc) is 3.56. The zero-order valence-corrected chi connectivity index (χ0v) is 18.9. The molecule has 2 heterocycles. The van der Waals surface area contributed by atoms with Gasteiger partial charge in [-0.1, -0.05) is 66.7 Å². The van der Waals surface area contributed by atoms with Crippen molar-refractivity contribution < 1.29 is 28.6 Å². The first-order valence-corrected chi connectivity index (χ1v) is 11.9. The van der Waals surface area contributed by atoms with Gasteiger partial charge in [-0.2, -0.15) is 0 Å². The third kappa shape index (κ3) is 3.74. The Morgan fingerprint density at radius 1 is 0.686 bits per heavy atom. The summed E-state index contributed by atoms with van der Waals surface area (Å²) < 4.78 is 18.1. The Morgan fingerprint density at radius 2 is 1.17 bits per heavy atom. The highest BCUT2D eigenvalue weighted by atomic mass is 16.6. The molecule has 3 aromatic carbocycles. The fraction of sp³-hybridized carbons (Fsp3) is 0.276. The first-order valence-electron chi connectivity index (χ1n) is 11.9. The molecule has 3 aromatic rings. The lowest BCUT2D eigenvalue weighted by Gasteiger charge is -2.35. The topological polar surface area (TPSA) is 78.9 Å². The number of ketones is 1. The predicted molar refractivity (Wildman–Crippen MR) is 126 cm³/mol. The molecule has 0 spiro atoms. The van der Waals surface area contributed by atoms with Crippen molar-refractivity contribution in [1.29, 1.82) is 0 Å². The zero-order valence-electron chi connectivity index (χ0n) is 18.9. The molecular formula is C29H24O6. The van der Waals surface area contributed by atoms with Gasteiger partial charge in [-0.25, -0.2) is 9.59 Å². The van der Waals surface area contributed by atoms with Gasteiger partial charge in [0.25, 0.3) is 0 Å². The maximum absolute atomic E-state index is 13.2. The quantitative estimate of drug-likeness (QED) is 0.522. The van der Waals surface area contributed by atoms with Crippen molar-refractivity contribution in [3.05, 3.63) is 108 Å². The first-order chi connectivity index (χ1) is 17.1. The van der Waals surface area contributed by atoms with E-state index in [-0.39, 0.29) is 17.6 Å². The van der Waals surface area contributed by atoms with Crippen molar-refractivity contribution >= 4 is 17.7 Å². The number of fused-ring (bicyclic) bond motifs is 5. The third-order valence-electron chi connectivity index (χ3n) is 7.42. The van der Waals surface area contributed by atoms with E-state index in [1.54, 1.807) is 48.5 Å². The highest BCUT2D eigenvalue weighted by molar-refractivity contribution is 5.91. The standard InChI is InChI=1S/C29H24O6/c30-21-16-20(17-10-4-1-5-11-17)22-23(21)25-27(35-29(32)19-14-8-3-9-15-19)26(24(22)33-25)34-28(31)18-12-6-2-7-13-18/h1-15,20,22-27H,16H2. The number of ether oxygens (including phenoxy) is 3. The Balaban J connectivity index is 1.32. The smallest absolute Gasteiger partial charge is 0.338 e. The summed E-state index contributed by atoms with van der Waals surface area (Å²) in [6, 6.07) is 27.2. The SMILES string of the molecule is O=C(OC1C(OC(=O)c2ccccc2)C2OC1C1C(=O)CC(c3ccccc3)C21)c1ccccc1. The van der Waals surface area contributed by atoms with Crippen LogP contribution < -0.4 is 0 Å². The number of carbonyl (C=O) groups is 3. The van der Waals surface area contributed by atoms with Gasteiger partial charge in [0.15, 0.2) is 12.2 Å². The van der Waals surface area contributed by atoms with Gasteiger partial charge in [0.05, 0.1) is 17.0 Å². The van der Waals surface area contributed by atoms with E-state index < -0.39 is 42.3 Å². The Labute approximate surface area is 202 Å². The summed E-state index contributed by atoms with van der Waals surface area (Å²) >= 11 is 0. The normalized spacial score (nSPS) is 30.6. The zero-order chi connectivity index (χ0) is 23.9.